The molecule has 4 atom stereocenters. The van der Waals surface area contributed by atoms with E-state index < -0.39 is 6.10 Å². The molecule has 1 fully saturated rings. The van der Waals surface area contributed by atoms with Gasteiger partial charge in [-0.3, -0.25) is 0 Å². The van der Waals surface area contributed by atoms with Crippen LogP contribution in [-0.2, 0) is 0 Å². The molecule has 3 nitrogen and oxygen atoms in total. The summed E-state index contributed by atoms with van der Waals surface area (Å²) in [6.45, 7) is 9.17. The topological polar surface area (TPSA) is 38.7 Å². The number of aliphatic hydroxyl groups is 1. The second-order valence-electron chi connectivity index (χ2n) is 8.91. The number of ether oxygens (including phenoxy) is 2. The SMILES string of the molecule is COc1c#cc([C@H]2[C@@H](O)[C@H](C)CC=C3C(C)(C)CCC[C@@]32C)cc1OC. The molecular weight excluding hydrogens is 324 g/mol. The smallest absolute Gasteiger partial charge is 0.212 e. The molecule has 0 unspecified atom stereocenters. The van der Waals surface area contributed by atoms with Crippen LogP contribution >= 0.6 is 0 Å². The van der Waals surface area contributed by atoms with Crippen LogP contribution in [0.5, 0.6) is 11.5 Å². The van der Waals surface area contributed by atoms with Crippen molar-refractivity contribution >= 4 is 0 Å². The Balaban J connectivity index is 2.15. The standard InChI is InChI=1S/C23H32O3/c1-15-8-11-19-22(2,3)12-7-13-23(19,4)20(21(15)24)16-9-10-17(25-5)18(14-16)26-6/h11,14-15,20-21,24H,7-8,12-13H2,1-6H3/t15-,20+,21+,23+/m1/s1. The second-order valence-corrected chi connectivity index (χ2v) is 8.91. The summed E-state index contributed by atoms with van der Waals surface area (Å²) >= 11 is 0. The summed E-state index contributed by atoms with van der Waals surface area (Å²) in [5.41, 5.74) is 2.54. The molecule has 26 heavy (non-hydrogen) atoms. The minimum Gasteiger partial charge on any atom is -0.492 e. The predicted molar refractivity (Wildman–Crippen MR) is 104 cm³/mol. The Hall–Kier alpha value is -1.66. The van der Waals surface area contributed by atoms with E-state index in [2.05, 4.69) is 45.9 Å². The molecule has 0 aromatic heterocycles. The third-order valence-electron chi connectivity index (χ3n) is 6.74. The Kier molecular flexibility index (Phi) is 5.01. The highest BCUT2D eigenvalue weighted by Crippen LogP contribution is 2.60. The van der Waals surface area contributed by atoms with E-state index in [1.165, 1.54) is 18.4 Å². The van der Waals surface area contributed by atoms with E-state index in [0.29, 0.717) is 11.5 Å². The first-order valence-electron chi connectivity index (χ1n) is 9.69. The van der Waals surface area contributed by atoms with Crippen molar-refractivity contribution in [2.24, 2.45) is 16.7 Å². The number of rotatable bonds is 3. The third-order valence-corrected chi connectivity index (χ3v) is 6.74. The van der Waals surface area contributed by atoms with E-state index in [4.69, 9.17) is 9.47 Å². The minimum absolute atomic E-state index is 0.0260. The lowest BCUT2D eigenvalue weighted by Crippen LogP contribution is -2.43. The summed E-state index contributed by atoms with van der Waals surface area (Å²) in [4.78, 5) is 0. The molecule has 3 rings (SSSR count). The van der Waals surface area contributed by atoms with Gasteiger partial charge >= 0.3 is 0 Å². The van der Waals surface area contributed by atoms with Crippen molar-refractivity contribution in [3.05, 3.63) is 35.4 Å². The molecule has 0 bridgehead atoms. The summed E-state index contributed by atoms with van der Waals surface area (Å²) < 4.78 is 10.8. The first-order valence-corrected chi connectivity index (χ1v) is 9.69. The zero-order valence-corrected chi connectivity index (χ0v) is 17.0. The van der Waals surface area contributed by atoms with Crippen molar-refractivity contribution in [1.29, 1.82) is 0 Å². The van der Waals surface area contributed by atoms with Gasteiger partial charge in [0.25, 0.3) is 0 Å². The first-order chi connectivity index (χ1) is 12.2. The Morgan fingerprint density at radius 2 is 1.85 bits per heavy atom. The Morgan fingerprint density at radius 1 is 1.12 bits per heavy atom. The average molecular weight is 357 g/mol. The number of aliphatic hydroxyl groups excluding tert-OH is 1. The highest BCUT2D eigenvalue weighted by Gasteiger charge is 2.51. The molecule has 142 valence electrons. The van der Waals surface area contributed by atoms with Crippen LogP contribution in [0.4, 0.5) is 0 Å². The van der Waals surface area contributed by atoms with Gasteiger partial charge in [-0.2, -0.15) is 0 Å². The van der Waals surface area contributed by atoms with Gasteiger partial charge < -0.3 is 14.6 Å². The van der Waals surface area contributed by atoms with E-state index in [0.717, 1.165) is 18.4 Å². The van der Waals surface area contributed by atoms with Crippen molar-refractivity contribution in [1.82, 2.24) is 0 Å². The van der Waals surface area contributed by atoms with Gasteiger partial charge in [0.2, 0.25) is 5.75 Å². The average Bonchev–Trinajstić information content (AvgIpc) is 2.69. The fraction of sp³-hybridized carbons (Fsp3) is 0.652. The molecule has 1 saturated carbocycles. The number of fused-ring (bicyclic) bond motifs is 1. The molecule has 0 spiro atoms. The van der Waals surface area contributed by atoms with Crippen LogP contribution in [0.15, 0.2) is 17.7 Å². The number of allylic oxidation sites excluding steroid dienone is 2. The Bertz CT molecular complexity index is 691. The van der Waals surface area contributed by atoms with Gasteiger partial charge in [0.1, 0.15) is 0 Å². The van der Waals surface area contributed by atoms with E-state index >= 15 is 0 Å². The quantitative estimate of drug-likeness (QED) is 0.780. The molecule has 1 aromatic carbocycles. The minimum atomic E-state index is -0.426. The van der Waals surface area contributed by atoms with Gasteiger partial charge in [-0.1, -0.05) is 51.8 Å². The maximum Gasteiger partial charge on any atom is 0.212 e. The third kappa shape index (κ3) is 2.99. The van der Waals surface area contributed by atoms with Crippen LogP contribution in [0.2, 0.25) is 0 Å². The monoisotopic (exact) mass is 356 g/mol. The molecule has 1 N–H and O–H groups in total. The normalized spacial score (nSPS) is 33.3. The Morgan fingerprint density at radius 3 is 2.50 bits per heavy atom. The largest absolute Gasteiger partial charge is 0.492 e. The fourth-order valence-electron chi connectivity index (χ4n) is 5.35. The molecule has 1 aromatic rings. The number of hydrogen-bond acceptors (Lipinski definition) is 3. The molecule has 0 radical (unpaired) electrons. The van der Waals surface area contributed by atoms with Crippen LogP contribution < -0.4 is 9.47 Å². The van der Waals surface area contributed by atoms with Crippen LogP contribution in [0, 0.1) is 28.9 Å². The summed E-state index contributed by atoms with van der Waals surface area (Å²) in [5.74, 6) is 1.38. The van der Waals surface area contributed by atoms with Crippen LogP contribution in [0.25, 0.3) is 0 Å². The lowest BCUT2D eigenvalue weighted by molar-refractivity contribution is 0.0336. The fourth-order valence-corrected chi connectivity index (χ4v) is 5.35. The van der Waals surface area contributed by atoms with Gasteiger partial charge in [0.15, 0.2) is 5.75 Å². The van der Waals surface area contributed by atoms with Crippen LogP contribution in [-0.4, -0.2) is 25.4 Å². The number of hydrogen-bond donors (Lipinski definition) is 1. The molecule has 0 saturated heterocycles. The zero-order chi connectivity index (χ0) is 19.1. The first kappa shape index (κ1) is 19.1. The van der Waals surface area contributed by atoms with Crippen molar-refractivity contribution < 1.29 is 14.6 Å². The maximum absolute atomic E-state index is 11.3. The number of methoxy groups -OCH3 is 2. The van der Waals surface area contributed by atoms with Gasteiger partial charge in [-0.15, -0.1) is 0 Å². The molecule has 0 heterocycles. The zero-order valence-electron chi connectivity index (χ0n) is 17.0. The summed E-state index contributed by atoms with van der Waals surface area (Å²) in [6.07, 6.45) is 6.37. The van der Waals surface area contributed by atoms with E-state index in [-0.39, 0.29) is 22.7 Å². The van der Waals surface area contributed by atoms with Crippen molar-refractivity contribution in [2.45, 2.75) is 65.4 Å². The van der Waals surface area contributed by atoms with Gasteiger partial charge in [0, 0.05) is 11.5 Å². The summed E-state index contributed by atoms with van der Waals surface area (Å²) in [6, 6.07) is 8.35. The molecule has 2 aliphatic rings. The lowest BCUT2D eigenvalue weighted by atomic mass is 9.54. The van der Waals surface area contributed by atoms with Crippen molar-refractivity contribution in [3.8, 4) is 11.5 Å². The maximum atomic E-state index is 11.3. The van der Waals surface area contributed by atoms with Gasteiger partial charge in [-0.25, -0.2) is 0 Å². The van der Waals surface area contributed by atoms with Gasteiger partial charge in [0.05, 0.1) is 20.3 Å². The Labute approximate surface area is 158 Å². The molecule has 2 aliphatic carbocycles. The van der Waals surface area contributed by atoms with Crippen molar-refractivity contribution in [2.75, 3.05) is 14.2 Å². The molecular formula is C23H32O3. The van der Waals surface area contributed by atoms with E-state index in [9.17, 15) is 5.11 Å². The molecule has 0 amide bonds. The lowest BCUT2D eigenvalue weighted by Gasteiger charge is -2.50. The molecule has 0 aliphatic heterocycles. The second kappa shape index (κ2) is 6.82. The van der Waals surface area contributed by atoms with E-state index in [1.807, 2.05) is 6.07 Å². The predicted octanol–water partition coefficient (Wildman–Crippen LogP) is 4.93. The van der Waals surface area contributed by atoms with E-state index in [1.54, 1.807) is 14.2 Å². The summed E-state index contributed by atoms with van der Waals surface area (Å²) in [7, 11) is 3.24. The van der Waals surface area contributed by atoms with Gasteiger partial charge in [-0.05, 0) is 48.1 Å². The van der Waals surface area contributed by atoms with Crippen molar-refractivity contribution in [3.63, 3.8) is 0 Å². The van der Waals surface area contributed by atoms with Crippen LogP contribution in [0.1, 0.15) is 64.9 Å². The molecule has 3 heteroatoms. The highest BCUT2D eigenvalue weighted by molar-refractivity contribution is 5.42. The summed E-state index contributed by atoms with van der Waals surface area (Å²) in [5, 5.41) is 11.3. The van der Waals surface area contributed by atoms with Crippen LogP contribution in [0.3, 0.4) is 0 Å². The highest BCUT2D eigenvalue weighted by atomic mass is 16.5.